The van der Waals surface area contributed by atoms with Crippen LogP contribution in [0.25, 0.3) is 10.2 Å². The summed E-state index contributed by atoms with van der Waals surface area (Å²) >= 11 is 1.20. The molecule has 0 aliphatic rings. The zero-order chi connectivity index (χ0) is 14.2. The molecule has 2 heterocycles. The molecule has 2 rings (SSSR count). The van der Waals surface area contributed by atoms with Crippen LogP contribution < -0.4 is 10.5 Å². The normalized spacial score (nSPS) is 11.2. The van der Waals surface area contributed by atoms with Gasteiger partial charge in [-0.2, -0.15) is 0 Å². The number of rotatable bonds is 3. The van der Waals surface area contributed by atoms with Crippen LogP contribution in [0.5, 0.6) is 0 Å². The fraction of sp³-hybridized carbons (Fsp3) is 0.417. The van der Waals surface area contributed by atoms with Crippen LogP contribution in [0.15, 0.2) is 4.79 Å². The predicted octanol–water partition coefficient (Wildman–Crippen LogP) is -0.276. The lowest BCUT2D eigenvalue weighted by atomic mass is 10.2. The molecule has 6 nitrogen and oxygen atoms in total. The van der Waals surface area contributed by atoms with Crippen molar-refractivity contribution < 1.29 is 14.4 Å². The lowest BCUT2D eigenvalue weighted by Gasteiger charge is -2.05. The van der Waals surface area contributed by atoms with Crippen LogP contribution in [-0.4, -0.2) is 37.1 Å². The van der Waals surface area contributed by atoms with Gasteiger partial charge in [0.25, 0.3) is 5.56 Å². The van der Waals surface area contributed by atoms with Gasteiger partial charge in [-0.25, -0.2) is 9.78 Å². The molecule has 0 aromatic carbocycles. The fourth-order valence-corrected chi connectivity index (χ4v) is 3.01. The number of nitrogens with zero attached hydrogens (tertiary/aromatic N) is 1. The highest BCUT2D eigenvalue weighted by molar-refractivity contribution is 7.20. The van der Waals surface area contributed by atoms with Gasteiger partial charge in [-0.15, -0.1) is 11.3 Å². The lowest BCUT2D eigenvalue weighted by Crippen LogP contribution is -3.04. The van der Waals surface area contributed by atoms with E-state index >= 15 is 0 Å². The Hall–Kier alpha value is -1.73. The van der Waals surface area contributed by atoms with E-state index in [0.29, 0.717) is 33.0 Å². The molecule has 2 aromatic heterocycles. The number of aromatic amines is 1. The Kier molecular flexibility index (Phi) is 3.68. The van der Waals surface area contributed by atoms with Crippen molar-refractivity contribution in [2.24, 2.45) is 0 Å². The molecular formula is C12H16N3O3S+. The van der Waals surface area contributed by atoms with Crippen molar-refractivity contribution in [2.45, 2.75) is 13.5 Å². The van der Waals surface area contributed by atoms with E-state index in [2.05, 4.69) is 9.97 Å². The minimum absolute atomic E-state index is 0.204. The first-order chi connectivity index (χ1) is 8.93. The van der Waals surface area contributed by atoms with E-state index in [4.69, 9.17) is 4.74 Å². The van der Waals surface area contributed by atoms with E-state index in [9.17, 15) is 9.59 Å². The highest BCUT2D eigenvalue weighted by atomic mass is 32.1. The summed E-state index contributed by atoms with van der Waals surface area (Å²) in [5.41, 5.74) is 0.425. The monoisotopic (exact) mass is 282 g/mol. The van der Waals surface area contributed by atoms with Crippen LogP contribution >= 0.6 is 11.3 Å². The van der Waals surface area contributed by atoms with Gasteiger partial charge >= 0.3 is 5.97 Å². The van der Waals surface area contributed by atoms with Crippen molar-refractivity contribution >= 4 is 27.5 Å². The summed E-state index contributed by atoms with van der Waals surface area (Å²) in [5.74, 6) is 0.190. The van der Waals surface area contributed by atoms with E-state index in [1.54, 1.807) is 6.92 Å². The number of hydrogen-bond acceptors (Lipinski definition) is 5. The molecule has 0 radical (unpaired) electrons. The van der Waals surface area contributed by atoms with Crippen LogP contribution in [-0.2, 0) is 11.3 Å². The molecule has 0 aliphatic carbocycles. The number of methoxy groups -OCH3 is 1. The Morgan fingerprint density at radius 2 is 2.16 bits per heavy atom. The fourth-order valence-electron chi connectivity index (χ4n) is 1.89. The minimum atomic E-state index is -0.431. The maximum absolute atomic E-state index is 12.1. The first kappa shape index (κ1) is 13.7. The molecule has 0 bridgehead atoms. The third kappa shape index (κ3) is 2.52. The molecule has 102 valence electrons. The van der Waals surface area contributed by atoms with Crippen molar-refractivity contribution in [3.05, 3.63) is 26.6 Å². The average molecular weight is 282 g/mol. The Bertz CT molecular complexity index is 687. The topological polar surface area (TPSA) is 76.5 Å². The van der Waals surface area contributed by atoms with Crippen molar-refractivity contribution in [1.82, 2.24) is 9.97 Å². The van der Waals surface area contributed by atoms with Crippen molar-refractivity contribution in [3.63, 3.8) is 0 Å². The van der Waals surface area contributed by atoms with Gasteiger partial charge in [0.05, 0.1) is 26.6 Å². The van der Waals surface area contributed by atoms with E-state index < -0.39 is 5.97 Å². The molecule has 0 saturated carbocycles. The van der Waals surface area contributed by atoms with Crippen LogP contribution in [0.2, 0.25) is 0 Å². The summed E-state index contributed by atoms with van der Waals surface area (Å²) in [6, 6.07) is 0. The summed E-state index contributed by atoms with van der Waals surface area (Å²) < 4.78 is 4.71. The molecule has 0 aliphatic heterocycles. The minimum Gasteiger partial charge on any atom is -0.465 e. The Morgan fingerprint density at radius 1 is 1.47 bits per heavy atom. The Morgan fingerprint density at radius 3 is 2.74 bits per heavy atom. The molecule has 2 N–H and O–H groups in total. The van der Waals surface area contributed by atoms with Crippen LogP contribution in [0.4, 0.5) is 0 Å². The van der Waals surface area contributed by atoms with E-state index in [1.165, 1.54) is 18.4 Å². The van der Waals surface area contributed by atoms with Gasteiger partial charge < -0.3 is 14.6 Å². The van der Waals surface area contributed by atoms with E-state index in [-0.39, 0.29) is 5.56 Å². The number of carbonyl (C=O) groups is 1. The SMILES string of the molecule is COC(=O)c1sc2nc(C[NH+](C)C)[nH]c(=O)c2c1C. The number of hydrogen-bond donors (Lipinski definition) is 2. The number of nitrogens with one attached hydrogen (secondary N) is 2. The van der Waals surface area contributed by atoms with Gasteiger partial charge in [0.15, 0.2) is 5.82 Å². The number of aryl methyl sites for hydroxylation is 1. The first-order valence-corrected chi connectivity index (χ1v) is 6.65. The van der Waals surface area contributed by atoms with Gasteiger partial charge in [-0.3, -0.25) is 4.79 Å². The Balaban J connectivity index is 2.63. The third-order valence-electron chi connectivity index (χ3n) is 2.74. The van der Waals surface area contributed by atoms with Gasteiger partial charge in [0.2, 0.25) is 0 Å². The third-order valence-corrected chi connectivity index (χ3v) is 3.91. The number of quaternary nitrogens is 1. The quantitative estimate of drug-likeness (QED) is 0.760. The highest BCUT2D eigenvalue weighted by Gasteiger charge is 2.19. The maximum atomic E-state index is 12.1. The molecule has 0 unspecified atom stereocenters. The molecular weight excluding hydrogens is 266 g/mol. The molecule has 7 heteroatoms. The smallest absolute Gasteiger partial charge is 0.348 e. The average Bonchev–Trinajstić information content (AvgIpc) is 2.65. The molecule has 0 atom stereocenters. The number of carbonyl (C=O) groups excluding carboxylic acids is 1. The number of ether oxygens (including phenoxy) is 1. The van der Waals surface area contributed by atoms with E-state index in [1.807, 2.05) is 14.1 Å². The number of esters is 1. The maximum Gasteiger partial charge on any atom is 0.348 e. The second-order valence-electron chi connectivity index (χ2n) is 4.62. The van der Waals surface area contributed by atoms with Crippen molar-refractivity contribution in [2.75, 3.05) is 21.2 Å². The second-order valence-corrected chi connectivity index (χ2v) is 5.62. The number of fused-ring (bicyclic) bond motifs is 1. The van der Waals surface area contributed by atoms with Gasteiger partial charge in [0.1, 0.15) is 16.3 Å². The lowest BCUT2D eigenvalue weighted by molar-refractivity contribution is -0.873. The molecule has 19 heavy (non-hydrogen) atoms. The molecule has 2 aromatic rings. The van der Waals surface area contributed by atoms with Crippen molar-refractivity contribution in [1.29, 1.82) is 0 Å². The zero-order valence-corrected chi connectivity index (χ0v) is 12.1. The standard InChI is InChI=1S/C12H15N3O3S/c1-6-8-10(16)13-7(5-15(2)3)14-11(8)19-9(6)12(17)18-4/h5H2,1-4H3,(H,13,14,16)/p+1. The number of aromatic nitrogens is 2. The van der Waals surface area contributed by atoms with Gasteiger partial charge in [0, 0.05) is 0 Å². The van der Waals surface area contributed by atoms with Crippen LogP contribution in [0, 0.1) is 6.92 Å². The molecule has 0 spiro atoms. The predicted molar refractivity (Wildman–Crippen MR) is 72.8 cm³/mol. The van der Waals surface area contributed by atoms with Crippen LogP contribution in [0.3, 0.4) is 0 Å². The molecule has 0 amide bonds. The van der Waals surface area contributed by atoms with Gasteiger partial charge in [-0.05, 0) is 12.5 Å². The summed E-state index contributed by atoms with van der Waals surface area (Å²) in [7, 11) is 5.28. The first-order valence-electron chi connectivity index (χ1n) is 5.83. The number of H-pyrrole nitrogens is 1. The molecule has 0 saturated heterocycles. The second kappa shape index (κ2) is 5.10. The largest absolute Gasteiger partial charge is 0.465 e. The van der Waals surface area contributed by atoms with Crippen molar-refractivity contribution in [3.8, 4) is 0 Å². The van der Waals surface area contributed by atoms with Gasteiger partial charge in [-0.1, -0.05) is 0 Å². The summed E-state index contributed by atoms with van der Waals surface area (Å²) in [6.45, 7) is 2.36. The summed E-state index contributed by atoms with van der Waals surface area (Å²) in [6.07, 6.45) is 0. The summed E-state index contributed by atoms with van der Waals surface area (Å²) in [4.78, 5) is 33.0. The highest BCUT2D eigenvalue weighted by Crippen LogP contribution is 2.27. The summed E-state index contributed by atoms with van der Waals surface area (Å²) in [5, 5.41) is 0.475. The van der Waals surface area contributed by atoms with Crippen LogP contribution in [0.1, 0.15) is 21.1 Å². The van der Waals surface area contributed by atoms with E-state index in [0.717, 1.165) is 4.90 Å². The zero-order valence-electron chi connectivity index (χ0n) is 11.3. The Labute approximate surface area is 114 Å². The number of thiophene rings is 1. The molecule has 0 fully saturated rings.